The van der Waals surface area contributed by atoms with E-state index in [-0.39, 0.29) is 42.6 Å². The molecule has 2 N–H and O–H groups in total. The van der Waals surface area contributed by atoms with Gasteiger partial charge in [0.1, 0.15) is 5.75 Å². The van der Waals surface area contributed by atoms with Crippen molar-refractivity contribution < 1.29 is 14.3 Å². The second-order valence-electron chi connectivity index (χ2n) is 6.41. The highest BCUT2D eigenvalue weighted by Crippen LogP contribution is 2.34. The summed E-state index contributed by atoms with van der Waals surface area (Å²) < 4.78 is 5.36. The number of likely N-dealkylation sites (tertiary alicyclic amines) is 1. The molecular weight excluding hydrogens is 330 g/mol. The molecule has 2 heterocycles. The first kappa shape index (κ1) is 18.5. The zero-order chi connectivity index (χ0) is 16.6. The number of carbonyl (C=O) groups is 2. The van der Waals surface area contributed by atoms with Crippen molar-refractivity contribution >= 4 is 29.9 Å². The monoisotopic (exact) mass is 353 g/mol. The summed E-state index contributed by atoms with van der Waals surface area (Å²) in [7, 11) is 1.59. The Labute approximate surface area is 148 Å². The number of ether oxygens (including phenoxy) is 1. The van der Waals surface area contributed by atoms with Crippen LogP contribution in [0.2, 0.25) is 0 Å². The molecule has 2 fully saturated rings. The van der Waals surface area contributed by atoms with Crippen LogP contribution in [0, 0.1) is 12.8 Å². The summed E-state index contributed by atoms with van der Waals surface area (Å²) in [4.78, 5) is 28.5. The summed E-state index contributed by atoms with van der Waals surface area (Å²) in [5, 5.41) is 0. The highest BCUT2D eigenvalue weighted by atomic mass is 35.5. The lowest BCUT2D eigenvalue weighted by Crippen LogP contribution is -2.37. The molecule has 2 aliphatic heterocycles. The van der Waals surface area contributed by atoms with Crippen molar-refractivity contribution in [1.29, 1.82) is 0 Å². The average molecular weight is 354 g/mol. The largest absolute Gasteiger partial charge is 0.495 e. The molecule has 0 spiro atoms. The van der Waals surface area contributed by atoms with Gasteiger partial charge in [-0.2, -0.15) is 0 Å². The lowest BCUT2D eigenvalue weighted by Gasteiger charge is -2.22. The first-order valence-corrected chi connectivity index (χ1v) is 7.99. The van der Waals surface area contributed by atoms with E-state index in [1.165, 1.54) is 0 Å². The second-order valence-corrected chi connectivity index (χ2v) is 6.41. The van der Waals surface area contributed by atoms with Gasteiger partial charge in [-0.3, -0.25) is 9.59 Å². The van der Waals surface area contributed by atoms with E-state index in [1.807, 2.05) is 25.1 Å². The molecular formula is C17H24ClN3O3. The van der Waals surface area contributed by atoms with Gasteiger partial charge in [0.05, 0.1) is 18.7 Å². The maximum absolute atomic E-state index is 12.6. The number of benzene rings is 1. The molecule has 1 aromatic carbocycles. The molecule has 2 atom stereocenters. The van der Waals surface area contributed by atoms with E-state index in [2.05, 4.69) is 0 Å². The van der Waals surface area contributed by atoms with Crippen molar-refractivity contribution in [2.24, 2.45) is 11.7 Å². The molecule has 2 saturated heterocycles. The first-order valence-electron chi connectivity index (χ1n) is 7.99. The number of methoxy groups -OCH3 is 1. The molecule has 0 bridgehead atoms. The average Bonchev–Trinajstić information content (AvgIpc) is 3.12. The Morgan fingerprint density at radius 2 is 2.08 bits per heavy atom. The number of aryl methyl sites for hydroxylation is 1. The number of hydrogen-bond donors (Lipinski definition) is 1. The summed E-state index contributed by atoms with van der Waals surface area (Å²) >= 11 is 0. The molecule has 2 aliphatic rings. The smallest absolute Gasteiger partial charge is 0.228 e. The topological polar surface area (TPSA) is 75.9 Å². The molecule has 1 unspecified atom stereocenters. The maximum atomic E-state index is 12.6. The fourth-order valence-electron chi connectivity index (χ4n) is 3.36. The summed E-state index contributed by atoms with van der Waals surface area (Å²) in [6.07, 6.45) is 1.09. The molecule has 1 aromatic rings. The van der Waals surface area contributed by atoms with Crippen LogP contribution in [0.5, 0.6) is 5.75 Å². The number of nitrogens with two attached hydrogens (primary N) is 1. The van der Waals surface area contributed by atoms with Crippen molar-refractivity contribution in [3.63, 3.8) is 0 Å². The number of halogens is 1. The minimum atomic E-state index is -0.294. The van der Waals surface area contributed by atoms with Crippen molar-refractivity contribution in [2.45, 2.75) is 25.8 Å². The molecule has 0 aromatic heterocycles. The third kappa shape index (κ3) is 3.49. The normalized spacial score (nSPS) is 23.4. The molecule has 7 heteroatoms. The Bertz CT molecular complexity index is 638. The van der Waals surface area contributed by atoms with E-state index in [0.29, 0.717) is 25.4 Å². The fourth-order valence-corrected chi connectivity index (χ4v) is 3.36. The lowest BCUT2D eigenvalue weighted by molar-refractivity contribution is -0.134. The first-order chi connectivity index (χ1) is 11.0. The zero-order valence-electron chi connectivity index (χ0n) is 14.0. The van der Waals surface area contributed by atoms with Crippen LogP contribution < -0.4 is 15.4 Å². The van der Waals surface area contributed by atoms with Crippen molar-refractivity contribution in [2.75, 3.05) is 31.6 Å². The van der Waals surface area contributed by atoms with Crippen LogP contribution in [-0.4, -0.2) is 49.5 Å². The van der Waals surface area contributed by atoms with Gasteiger partial charge in [-0.05, 0) is 31.0 Å². The zero-order valence-corrected chi connectivity index (χ0v) is 14.8. The molecule has 0 saturated carbocycles. The van der Waals surface area contributed by atoms with E-state index < -0.39 is 0 Å². The van der Waals surface area contributed by atoms with Gasteiger partial charge < -0.3 is 20.3 Å². The number of carbonyl (C=O) groups excluding carboxylic acids is 2. The molecule has 2 amide bonds. The van der Waals surface area contributed by atoms with Crippen LogP contribution in [-0.2, 0) is 9.59 Å². The van der Waals surface area contributed by atoms with E-state index in [4.69, 9.17) is 10.5 Å². The summed E-state index contributed by atoms with van der Waals surface area (Å²) in [6, 6.07) is 5.78. The lowest BCUT2D eigenvalue weighted by atomic mass is 10.1. The van der Waals surface area contributed by atoms with Crippen molar-refractivity contribution in [1.82, 2.24) is 4.90 Å². The summed E-state index contributed by atoms with van der Waals surface area (Å²) in [5.41, 5.74) is 7.67. The minimum absolute atomic E-state index is 0. The van der Waals surface area contributed by atoms with Crippen molar-refractivity contribution in [3.05, 3.63) is 23.8 Å². The van der Waals surface area contributed by atoms with Gasteiger partial charge in [0.2, 0.25) is 11.8 Å². The number of amides is 2. The van der Waals surface area contributed by atoms with Gasteiger partial charge >= 0.3 is 0 Å². The van der Waals surface area contributed by atoms with Gasteiger partial charge in [-0.1, -0.05) is 6.07 Å². The van der Waals surface area contributed by atoms with E-state index >= 15 is 0 Å². The number of rotatable bonds is 3. The SMILES string of the molecule is COc1ccc(C)cc1N1CC(C(=O)N2CC[C@@H](N)C2)CC1=O.Cl. The van der Waals surface area contributed by atoms with E-state index in [9.17, 15) is 9.59 Å². The number of nitrogens with zero attached hydrogens (tertiary/aromatic N) is 2. The van der Waals surface area contributed by atoms with E-state index in [0.717, 1.165) is 17.7 Å². The molecule has 132 valence electrons. The fraction of sp³-hybridized carbons (Fsp3) is 0.529. The molecule has 3 rings (SSSR count). The molecule has 6 nitrogen and oxygen atoms in total. The third-order valence-electron chi connectivity index (χ3n) is 4.64. The maximum Gasteiger partial charge on any atom is 0.228 e. The highest BCUT2D eigenvalue weighted by molar-refractivity contribution is 6.01. The van der Waals surface area contributed by atoms with Crippen LogP contribution in [0.3, 0.4) is 0 Å². The summed E-state index contributed by atoms with van der Waals surface area (Å²) in [5.74, 6) is 0.370. The Morgan fingerprint density at radius 3 is 2.71 bits per heavy atom. The van der Waals surface area contributed by atoms with E-state index in [1.54, 1.807) is 16.9 Å². The van der Waals surface area contributed by atoms with Gasteiger partial charge in [0.25, 0.3) is 0 Å². The quantitative estimate of drug-likeness (QED) is 0.889. The van der Waals surface area contributed by atoms with Gasteiger partial charge in [0, 0.05) is 32.1 Å². The molecule has 0 aliphatic carbocycles. The second kappa shape index (κ2) is 7.40. The number of anilines is 1. The predicted molar refractivity (Wildman–Crippen MR) is 94.6 cm³/mol. The van der Waals surface area contributed by atoms with Crippen molar-refractivity contribution in [3.8, 4) is 5.75 Å². The van der Waals surface area contributed by atoms with Gasteiger partial charge in [-0.15, -0.1) is 12.4 Å². The van der Waals surface area contributed by atoms with Gasteiger partial charge in [-0.25, -0.2) is 0 Å². The van der Waals surface area contributed by atoms with Gasteiger partial charge in [0.15, 0.2) is 0 Å². The molecule has 24 heavy (non-hydrogen) atoms. The Hall–Kier alpha value is -1.79. The van der Waals surface area contributed by atoms with Crippen LogP contribution in [0.15, 0.2) is 18.2 Å². The van der Waals surface area contributed by atoms with Crippen LogP contribution in [0.25, 0.3) is 0 Å². The third-order valence-corrected chi connectivity index (χ3v) is 4.64. The Kier molecular flexibility index (Phi) is 5.72. The predicted octanol–water partition coefficient (Wildman–Crippen LogP) is 1.34. The summed E-state index contributed by atoms with van der Waals surface area (Å²) in [6.45, 7) is 3.66. The Balaban J connectivity index is 0.00000208. The Morgan fingerprint density at radius 1 is 1.33 bits per heavy atom. The molecule has 0 radical (unpaired) electrons. The standard InChI is InChI=1S/C17H23N3O3.ClH/c1-11-3-4-15(23-2)14(7-11)20-9-12(8-16(20)21)17(22)19-6-5-13(18)10-19;/h3-4,7,12-13H,5-6,8-10,18H2,1-2H3;1H/t12?,13-;/m1./s1. The van der Waals surface area contributed by atoms with Crippen LogP contribution in [0.4, 0.5) is 5.69 Å². The minimum Gasteiger partial charge on any atom is -0.495 e. The number of hydrogen-bond acceptors (Lipinski definition) is 4. The van der Waals surface area contributed by atoms with Crippen LogP contribution >= 0.6 is 12.4 Å². The van der Waals surface area contributed by atoms with Crippen LogP contribution in [0.1, 0.15) is 18.4 Å². The highest BCUT2D eigenvalue weighted by Gasteiger charge is 2.39.